The Morgan fingerprint density at radius 1 is 0.717 bits per heavy atom. The molecule has 11 amide bonds. The molecule has 2 aliphatic rings. The van der Waals surface area contributed by atoms with Gasteiger partial charge in [-0.15, -0.1) is 0 Å². The summed E-state index contributed by atoms with van der Waals surface area (Å²) in [5.74, 6) is -5.74. The minimum Gasteiger partial charge on any atom is -0.445 e. The van der Waals surface area contributed by atoms with Gasteiger partial charge in [0.15, 0.2) is 5.78 Å². The van der Waals surface area contributed by atoms with Crippen molar-refractivity contribution >= 4 is 70.9 Å². The van der Waals surface area contributed by atoms with Crippen LogP contribution in [0.15, 0.2) is 78.9 Å². The summed E-state index contributed by atoms with van der Waals surface area (Å²) in [6, 6.07) is 16.3. The fraction of sp³-hybridized carbons (Fsp3) is 0.608. The smallest absolute Gasteiger partial charge is 0.410 e. The minimum atomic E-state index is -1.08. The van der Waals surface area contributed by atoms with E-state index < -0.39 is 108 Å². The number of methoxy groups -OCH3 is 2. The van der Waals surface area contributed by atoms with Gasteiger partial charge in [0, 0.05) is 66.6 Å². The number of nitrogens with two attached hydrogens (primary N) is 1. The number of primary amides is 1. The molecule has 2 aliphatic heterocycles. The van der Waals surface area contributed by atoms with Crippen LogP contribution in [0.2, 0.25) is 0 Å². The monoisotopic (exact) mass is 1380 g/mol. The summed E-state index contributed by atoms with van der Waals surface area (Å²) in [6.07, 6.45) is 0.192. The van der Waals surface area contributed by atoms with Crippen molar-refractivity contribution in [3.05, 3.63) is 101 Å². The molecule has 3 aromatic rings. The highest BCUT2D eigenvalue weighted by Crippen LogP contribution is 2.31. The summed E-state index contributed by atoms with van der Waals surface area (Å²) in [7, 11) is 6.10. The topological polar surface area (TPSA) is 335 Å². The molecule has 0 spiro atoms. The first-order valence-corrected chi connectivity index (χ1v) is 34.9. The number of nitrogens with zero attached hydrogens (tertiary/aromatic N) is 4. The van der Waals surface area contributed by atoms with Crippen molar-refractivity contribution in [2.45, 2.75) is 214 Å². The minimum absolute atomic E-state index is 0.0899. The van der Waals surface area contributed by atoms with Crippen LogP contribution in [0.1, 0.15) is 162 Å². The van der Waals surface area contributed by atoms with Gasteiger partial charge >= 0.3 is 12.1 Å². The van der Waals surface area contributed by atoms with Crippen LogP contribution < -0.4 is 37.2 Å². The average Bonchev–Trinajstić information content (AvgIpc) is 1.76. The maximum Gasteiger partial charge on any atom is 0.410 e. The molecule has 8 N–H and O–H groups in total. The zero-order valence-corrected chi connectivity index (χ0v) is 60.7. The molecule has 2 saturated heterocycles. The number of benzene rings is 3. The molecular weight excluding hydrogens is 1270 g/mol. The number of aliphatic hydroxyl groups excluding tert-OH is 1. The van der Waals surface area contributed by atoms with Crippen molar-refractivity contribution in [2.75, 3.05) is 46.3 Å². The van der Waals surface area contributed by atoms with Crippen LogP contribution in [0, 0.1) is 35.5 Å². The van der Waals surface area contributed by atoms with Crippen molar-refractivity contribution in [2.24, 2.45) is 41.2 Å². The second-order valence-electron chi connectivity index (χ2n) is 27.8. The molecule has 13 atom stereocenters. The molecule has 2 heterocycles. The van der Waals surface area contributed by atoms with Crippen LogP contribution in [0.25, 0.3) is 0 Å². The van der Waals surface area contributed by atoms with Crippen LogP contribution in [-0.4, -0.2) is 181 Å². The van der Waals surface area contributed by atoms with E-state index in [4.69, 9.17) is 19.9 Å². The van der Waals surface area contributed by atoms with E-state index in [9.17, 15) is 57.8 Å². The number of hydrogen-bond acceptors (Lipinski definition) is 15. The van der Waals surface area contributed by atoms with Gasteiger partial charge in [0.2, 0.25) is 47.3 Å². The Labute approximate surface area is 584 Å². The molecule has 5 rings (SSSR count). The lowest BCUT2D eigenvalue weighted by Crippen LogP contribution is -2.60. The number of likely N-dealkylation sites (tertiary alicyclic amines) is 1. The van der Waals surface area contributed by atoms with Gasteiger partial charge in [0.05, 0.1) is 60.5 Å². The lowest BCUT2D eigenvalue weighted by molar-refractivity contribution is -0.148. The number of carbonyl (C=O) groups is 11. The van der Waals surface area contributed by atoms with E-state index in [1.54, 1.807) is 128 Å². The Hall–Kier alpha value is -8.29. The third-order valence-corrected chi connectivity index (χ3v) is 19.2. The molecule has 0 bridgehead atoms. The molecular formula is C74H110N10O15. The molecule has 2 unspecified atom stereocenters. The standard InChI is InChI=1S/C74H110N10O15/c1-16-46(8)65(58(97-14)41-60(87)83-38-22-27-56(83)67(98-15)48(10)68(90)77-49(11)66(89)53-24-18-17-19-25-53)81(12)72(94)63(44(4)5)80-70(92)64(45(6)7)82(13)74(96)99-42-52-31-29-51(30-32-52)40-57(85)55(26-21-37-76-73(75)95)78-69(91)62(43(2)3)79-59(86)28-20-23-50-33-35-54(36-34-50)84-61(88)39-47(9)71(84)93/h17-19,24-25,29-36,43-49,55-56,58,62-67,89H,16,20-23,26-28,37-42H2,1-15H3,(H,77,90)(H,78,91)(H,79,86)(H,80,92)(H3,75,76,95)/t46-,47?,48+,49+,55-,56-,58+,62-,63+,64-,65?,66+,67+/m0/s1. The number of likely N-dealkylation sites (N-methyl/N-ethyl adjacent to an activating group) is 2. The molecule has 2 fully saturated rings. The molecule has 0 radical (unpaired) electrons. The maximum absolute atomic E-state index is 14.8. The number of nitrogens with one attached hydrogen (secondary N) is 5. The lowest BCUT2D eigenvalue weighted by atomic mass is 9.89. The molecule has 99 heavy (non-hydrogen) atoms. The normalized spacial score (nSPS) is 18.1. The Morgan fingerprint density at radius 2 is 1.34 bits per heavy atom. The lowest BCUT2D eigenvalue weighted by Gasteiger charge is -2.41. The molecule has 25 nitrogen and oxygen atoms in total. The first kappa shape index (κ1) is 81.4. The molecule has 546 valence electrons. The van der Waals surface area contributed by atoms with E-state index in [0.717, 1.165) is 5.56 Å². The number of aliphatic hydroxyl groups is 1. The largest absolute Gasteiger partial charge is 0.445 e. The summed E-state index contributed by atoms with van der Waals surface area (Å²) >= 11 is 0. The van der Waals surface area contributed by atoms with Crippen LogP contribution in [0.4, 0.5) is 15.3 Å². The molecule has 3 aromatic carbocycles. The average molecular weight is 1380 g/mol. The Bertz CT molecular complexity index is 3200. The number of aryl methyl sites for hydroxylation is 1. The van der Waals surface area contributed by atoms with Gasteiger partial charge in [0.1, 0.15) is 24.7 Å². The van der Waals surface area contributed by atoms with Gasteiger partial charge in [-0.05, 0) is 104 Å². The summed E-state index contributed by atoms with van der Waals surface area (Å²) in [4.78, 5) is 155. The van der Waals surface area contributed by atoms with Gasteiger partial charge in [-0.2, -0.15) is 0 Å². The van der Waals surface area contributed by atoms with Crippen molar-refractivity contribution in [1.29, 1.82) is 0 Å². The van der Waals surface area contributed by atoms with E-state index in [1.165, 1.54) is 31.1 Å². The van der Waals surface area contributed by atoms with Crippen LogP contribution in [0.3, 0.4) is 0 Å². The number of ether oxygens (including phenoxy) is 3. The first-order chi connectivity index (χ1) is 46.8. The van der Waals surface area contributed by atoms with Crippen LogP contribution >= 0.6 is 0 Å². The number of urea groups is 1. The predicted molar refractivity (Wildman–Crippen MR) is 375 cm³/mol. The summed E-state index contributed by atoms with van der Waals surface area (Å²) in [6.45, 7) is 20.2. The van der Waals surface area contributed by atoms with Gasteiger partial charge in [-0.3, -0.25) is 53.0 Å². The molecule has 0 saturated carbocycles. The van der Waals surface area contributed by atoms with E-state index >= 15 is 0 Å². The van der Waals surface area contributed by atoms with Crippen LogP contribution in [-0.2, 0) is 76.8 Å². The number of hydrogen-bond donors (Lipinski definition) is 7. The number of anilines is 1. The highest BCUT2D eigenvalue weighted by atomic mass is 16.6. The van der Waals surface area contributed by atoms with Crippen molar-refractivity contribution in [3.63, 3.8) is 0 Å². The Morgan fingerprint density at radius 3 is 1.91 bits per heavy atom. The summed E-state index contributed by atoms with van der Waals surface area (Å²) in [5.41, 5.74) is 8.50. The van der Waals surface area contributed by atoms with E-state index in [0.29, 0.717) is 67.4 Å². The number of carbonyl (C=O) groups excluding carboxylic acids is 11. The Kier molecular flexibility index (Phi) is 32.0. The number of amides is 11. The first-order valence-electron chi connectivity index (χ1n) is 34.9. The van der Waals surface area contributed by atoms with Gasteiger partial charge < -0.3 is 61.4 Å². The van der Waals surface area contributed by atoms with Crippen LogP contribution in [0.5, 0.6) is 0 Å². The van der Waals surface area contributed by atoms with Crippen molar-refractivity contribution in [1.82, 2.24) is 41.3 Å². The molecule has 0 aromatic heterocycles. The van der Waals surface area contributed by atoms with E-state index in [1.807, 2.05) is 44.2 Å². The Balaban J connectivity index is 1.17. The molecule has 25 heteroatoms. The van der Waals surface area contributed by atoms with E-state index in [-0.39, 0.29) is 98.3 Å². The quantitative estimate of drug-likeness (QED) is 0.0232. The van der Waals surface area contributed by atoms with Gasteiger partial charge in [0.25, 0.3) is 0 Å². The SMILES string of the molecule is CC[C@H](C)C([C@@H](CC(=O)N1CCC[C@H]1[C@H](OC)[C@@H](C)C(=O)N[C@H](C)[C@@H](O)c1ccccc1)OC)N(C)C(=O)[C@H](NC(=O)[C@H](C(C)C)N(C)C(=O)OCc1ccc(CC(=O)[C@H](CCCNC(N)=O)NC(=O)[C@@H](NC(=O)CCCc2ccc(N3C(=O)CC(C)C3=O)cc2)C(C)C)cc1)C(C)C. The predicted octanol–water partition coefficient (Wildman–Crippen LogP) is 6.69. The van der Waals surface area contributed by atoms with E-state index in [2.05, 4.69) is 26.6 Å². The summed E-state index contributed by atoms with van der Waals surface area (Å²) in [5, 5.41) is 25.0. The number of ketones is 1. The number of rotatable bonds is 38. The number of imide groups is 1. The van der Waals surface area contributed by atoms with Crippen molar-refractivity contribution < 1.29 is 72.1 Å². The van der Waals surface area contributed by atoms with Crippen molar-refractivity contribution in [3.8, 4) is 0 Å². The highest BCUT2D eigenvalue weighted by molar-refractivity contribution is 6.20. The zero-order valence-electron chi connectivity index (χ0n) is 60.7. The molecule has 0 aliphatic carbocycles. The van der Waals surface area contributed by atoms with Gasteiger partial charge in [-0.25, -0.2) is 9.59 Å². The second kappa shape index (κ2) is 38.9. The zero-order chi connectivity index (χ0) is 73.5. The number of Topliss-reactive ketones (excluding diaryl/α,β-unsaturated/α-hetero) is 1. The summed E-state index contributed by atoms with van der Waals surface area (Å²) < 4.78 is 17.8. The fourth-order valence-corrected chi connectivity index (χ4v) is 13.2. The van der Waals surface area contributed by atoms with Gasteiger partial charge in [-0.1, -0.05) is 142 Å². The third kappa shape index (κ3) is 22.9. The maximum atomic E-state index is 14.8. The third-order valence-electron chi connectivity index (χ3n) is 19.2. The highest BCUT2D eigenvalue weighted by Gasteiger charge is 2.44. The second-order valence-corrected chi connectivity index (χ2v) is 27.8. The fourth-order valence-electron chi connectivity index (χ4n) is 13.2.